The SMILES string of the molecule is Cc1ncoc1-c1ccc([C@H](C)NC(=O)[C@@H]2C[C@@H](O)CN2C(=O)[C@H](c2cc(OCCN3CCC(OC4CC(Oc5cc(N6C7CC[C@@H]6CN(c6cc(-c8ccccc8O)nnc6N)C7)ccn5)C4)CC3)no2)C(C)C)cn1. The van der Waals surface area contributed by atoms with E-state index in [1.54, 1.807) is 24.4 Å². The molecule has 5 fully saturated rings. The molecule has 1 saturated carbocycles. The average Bonchev–Trinajstić information content (AvgIpc) is 4.22. The van der Waals surface area contributed by atoms with E-state index in [1.165, 1.54) is 11.3 Å². The van der Waals surface area contributed by atoms with Crippen molar-refractivity contribution in [3.05, 3.63) is 96.5 Å². The second kappa shape index (κ2) is 22.3. The number of carbonyl (C=O) groups excluding carboxylic acids is 2. The van der Waals surface area contributed by atoms with E-state index in [4.69, 9.17) is 28.9 Å². The number of nitrogen functional groups attached to an aromatic ring is 1. The molecular weight excluding hydrogens is 985 g/mol. The van der Waals surface area contributed by atoms with Crippen molar-refractivity contribution in [2.75, 3.05) is 61.4 Å². The molecule has 5 N–H and O–H groups in total. The number of hydrogen-bond acceptors (Lipinski definition) is 19. The molecule has 6 atom stereocenters. The van der Waals surface area contributed by atoms with E-state index in [9.17, 15) is 19.8 Å². The molecule has 0 spiro atoms. The van der Waals surface area contributed by atoms with Crippen LogP contribution in [0.4, 0.5) is 17.2 Å². The summed E-state index contributed by atoms with van der Waals surface area (Å²) in [5.41, 5.74) is 11.7. The highest BCUT2D eigenvalue weighted by Gasteiger charge is 2.45. The van der Waals surface area contributed by atoms with Gasteiger partial charge in [-0.25, -0.2) is 9.97 Å². The zero-order valence-electron chi connectivity index (χ0n) is 44.0. The first-order chi connectivity index (χ1) is 37.3. The van der Waals surface area contributed by atoms with Crippen LogP contribution < -0.4 is 30.3 Å². The highest BCUT2D eigenvalue weighted by atomic mass is 16.5. The van der Waals surface area contributed by atoms with Crippen molar-refractivity contribution in [1.29, 1.82) is 0 Å². The number of β-amino-alcohol motifs (C(OH)–C–C–N with tert-alkyl or cyclic N) is 1. The van der Waals surface area contributed by atoms with Gasteiger partial charge in [-0.05, 0) is 86.5 Å². The Bertz CT molecular complexity index is 3000. The van der Waals surface area contributed by atoms with Crippen molar-refractivity contribution in [2.24, 2.45) is 5.92 Å². The van der Waals surface area contributed by atoms with Crippen LogP contribution in [0.3, 0.4) is 0 Å². The number of nitrogens with two attached hydrogens (primary N) is 1. The Balaban J connectivity index is 0.601. The number of ether oxygens (including phenoxy) is 3. The van der Waals surface area contributed by atoms with Crippen LogP contribution in [0.25, 0.3) is 22.7 Å². The van der Waals surface area contributed by atoms with E-state index >= 15 is 0 Å². The Hall–Kier alpha value is -7.36. The number of piperazine rings is 1. The largest absolute Gasteiger partial charge is 0.507 e. The maximum atomic E-state index is 14.2. The second-order valence-corrected chi connectivity index (χ2v) is 21.6. The lowest BCUT2D eigenvalue weighted by molar-refractivity contribution is -0.141. The van der Waals surface area contributed by atoms with E-state index in [-0.39, 0.29) is 66.8 Å². The monoisotopic (exact) mass is 1050 g/mol. The lowest BCUT2D eigenvalue weighted by Gasteiger charge is -2.43. The van der Waals surface area contributed by atoms with E-state index in [0.29, 0.717) is 59.2 Å². The van der Waals surface area contributed by atoms with Gasteiger partial charge in [-0.3, -0.25) is 19.5 Å². The fourth-order valence-corrected chi connectivity index (χ4v) is 11.8. The molecule has 21 nitrogen and oxygen atoms in total. The van der Waals surface area contributed by atoms with Crippen molar-refractivity contribution in [3.8, 4) is 40.2 Å². The van der Waals surface area contributed by atoms with Crippen LogP contribution in [-0.4, -0.2) is 151 Å². The molecule has 5 aliphatic rings. The quantitative estimate of drug-likeness (QED) is 0.0761. The summed E-state index contributed by atoms with van der Waals surface area (Å²) < 4.78 is 30.2. The number of phenols is 1. The Morgan fingerprint density at radius 3 is 2.39 bits per heavy atom. The van der Waals surface area contributed by atoms with Gasteiger partial charge in [-0.15, -0.1) is 10.2 Å². The van der Waals surface area contributed by atoms with Crippen LogP contribution in [-0.2, 0) is 14.3 Å². The number of aliphatic hydroxyl groups excluding tert-OH is 1. The Morgan fingerprint density at radius 2 is 1.66 bits per heavy atom. The van der Waals surface area contributed by atoms with Crippen LogP contribution >= 0.6 is 0 Å². The summed E-state index contributed by atoms with van der Waals surface area (Å²) in [5, 5.41) is 36.9. The number of nitrogens with zero attached hydrogens (tertiary/aromatic N) is 10. The minimum atomic E-state index is -0.867. The smallest absolute Gasteiger partial charge is 0.254 e. The van der Waals surface area contributed by atoms with Gasteiger partial charge in [0, 0.05) is 106 Å². The number of para-hydroxylation sites is 1. The number of phenolic OH excluding ortho intramolecular Hbond substituents is 1. The standard InChI is InChI=1S/C56H68N12O9/c1-32(2)52(56(72)67-30-39(69)22-47(67)55(71)61-33(3)35-9-12-44(59-27-35)53-34(4)60-31-74-53)49-26-51(64-77-49)73-20-19-65-17-14-40(15-18-65)75-41-23-42(24-41)76-50-21-36(13-16-58-50)68-37-10-11-38(68)29-66(28-37)46-25-45(62-63-54(46)57)43-7-5-6-8-48(43)70/h5-9,12-13,16,21,25-27,31-33,37-42,47,52,69-70H,10-11,14-15,17-20,22-24,28-30H2,1-4H3,(H2,57,63)(H,61,71)/t33-,37+,38?,39+,41?,42?,47-,52-/m0/s1. The summed E-state index contributed by atoms with van der Waals surface area (Å²) >= 11 is 0. The summed E-state index contributed by atoms with van der Waals surface area (Å²) in [7, 11) is 0. The fraction of sp³-hybridized carbons (Fsp3) is 0.500. The fourth-order valence-electron chi connectivity index (χ4n) is 11.8. The molecule has 1 aliphatic carbocycles. The number of fused-ring (bicyclic) bond motifs is 2. The van der Waals surface area contributed by atoms with Crippen LogP contribution in [0.2, 0.25) is 0 Å². The van der Waals surface area contributed by atoms with Gasteiger partial charge in [-0.1, -0.05) is 32.0 Å². The van der Waals surface area contributed by atoms with Gasteiger partial charge in [0.1, 0.15) is 36.1 Å². The molecule has 2 bridgehead atoms. The van der Waals surface area contributed by atoms with Crippen molar-refractivity contribution in [3.63, 3.8) is 0 Å². The number of aromatic nitrogens is 6. The number of anilines is 3. The van der Waals surface area contributed by atoms with Gasteiger partial charge in [0.25, 0.3) is 5.88 Å². The molecule has 11 rings (SSSR count). The van der Waals surface area contributed by atoms with Gasteiger partial charge < -0.3 is 59.1 Å². The summed E-state index contributed by atoms with van der Waals surface area (Å²) in [5.74, 6) is 0.777. The number of piperidine rings is 1. The summed E-state index contributed by atoms with van der Waals surface area (Å²) in [6.45, 7) is 12.0. The summed E-state index contributed by atoms with van der Waals surface area (Å²) in [4.78, 5) is 49.8. The number of nitrogens with one attached hydrogen (secondary N) is 1. The number of carbonyl (C=O) groups is 2. The van der Waals surface area contributed by atoms with Crippen LogP contribution in [0, 0.1) is 12.8 Å². The third-order valence-corrected chi connectivity index (χ3v) is 16.0. The number of benzene rings is 1. The molecule has 77 heavy (non-hydrogen) atoms. The van der Waals surface area contributed by atoms with Crippen molar-refractivity contribution in [1.82, 2.24) is 45.4 Å². The maximum absolute atomic E-state index is 14.2. The minimum absolute atomic E-state index is 0.0289. The van der Waals surface area contributed by atoms with Crippen LogP contribution in [0.1, 0.15) is 94.7 Å². The molecule has 4 aliphatic heterocycles. The molecule has 2 amide bonds. The van der Waals surface area contributed by atoms with E-state index in [0.717, 1.165) is 87.3 Å². The maximum Gasteiger partial charge on any atom is 0.254 e. The third kappa shape index (κ3) is 11.2. The number of rotatable bonds is 18. The summed E-state index contributed by atoms with van der Waals surface area (Å²) in [6.07, 6.45) is 10.2. The normalized spacial score (nSPS) is 23.5. The predicted molar refractivity (Wildman–Crippen MR) is 284 cm³/mol. The van der Waals surface area contributed by atoms with Crippen molar-refractivity contribution in [2.45, 2.75) is 127 Å². The zero-order valence-corrected chi connectivity index (χ0v) is 44.0. The molecule has 406 valence electrons. The number of pyridine rings is 2. The topological polar surface area (TPSA) is 257 Å². The Morgan fingerprint density at radius 1 is 0.870 bits per heavy atom. The molecule has 6 aromatic rings. The number of aliphatic hydroxyl groups is 1. The molecule has 0 radical (unpaired) electrons. The van der Waals surface area contributed by atoms with E-state index in [2.05, 4.69) is 62.5 Å². The molecule has 5 aromatic heterocycles. The Labute approximate surface area is 447 Å². The van der Waals surface area contributed by atoms with Gasteiger partial charge in [0.15, 0.2) is 23.7 Å². The first-order valence-electron chi connectivity index (χ1n) is 27.0. The van der Waals surface area contributed by atoms with Crippen LogP contribution in [0.5, 0.6) is 17.5 Å². The third-order valence-electron chi connectivity index (χ3n) is 16.0. The van der Waals surface area contributed by atoms with Gasteiger partial charge in [0.05, 0.1) is 41.4 Å². The molecule has 1 unspecified atom stereocenters. The van der Waals surface area contributed by atoms with Crippen LogP contribution in [0.15, 0.2) is 88.4 Å². The Kier molecular flexibility index (Phi) is 15.0. The number of hydrogen-bond donors (Lipinski definition) is 4. The zero-order chi connectivity index (χ0) is 53.3. The summed E-state index contributed by atoms with van der Waals surface area (Å²) in [6, 6.07) is 17.8. The van der Waals surface area contributed by atoms with Crippen molar-refractivity contribution >= 4 is 29.0 Å². The lowest BCUT2D eigenvalue weighted by Crippen LogP contribution is -2.54. The highest BCUT2D eigenvalue weighted by Crippen LogP contribution is 2.41. The molecule has 1 aromatic carbocycles. The van der Waals surface area contributed by atoms with Gasteiger partial charge in [-0.2, -0.15) is 0 Å². The van der Waals surface area contributed by atoms with Gasteiger partial charge in [0.2, 0.25) is 17.7 Å². The number of amides is 2. The number of aromatic hydroxyl groups is 1. The van der Waals surface area contributed by atoms with E-state index in [1.807, 2.05) is 64.2 Å². The average molecular weight is 1050 g/mol. The van der Waals surface area contributed by atoms with E-state index < -0.39 is 24.1 Å². The highest BCUT2D eigenvalue weighted by molar-refractivity contribution is 5.91. The first-order valence-corrected chi connectivity index (χ1v) is 27.0. The number of likely N-dealkylation sites (tertiary alicyclic amines) is 2. The first kappa shape index (κ1) is 51.7. The van der Waals surface area contributed by atoms with Crippen molar-refractivity contribution < 1.29 is 43.0 Å². The minimum Gasteiger partial charge on any atom is -0.507 e. The lowest BCUT2D eigenvalue weighted by atomic mass is 9.91. The molecule has 4 saturated heterocycles. The molecular formula is C56H68N12O9. The molecule has 9 heterocycles. The number of aryl methyl sites for hydroxylation is 1. The van der Waals surface area contributed by atoms with Gasteiger partial charge >= 0.3 is 0 Å². The second-order valence-electron chi connectivity index (χ2n) is 21.6. The number of oxazole rings is 1. The molecule has 21 heteroatoms. The predicted octanol–water partition coefficient (Wildman–Crippen LogP) is 6.08.